The Morgan fingerprint density at radius 2 is 1.72 bits per heavy atom. The Balaban J connectivity index is 2.55. The molecule has 0 aliphatic rings. The fraction of sp³-hybridized carbons (Fsp3) is 0. The van der Waals surface area contributed by atoms with E-state index in [4.69, 9.17) is 23.2 Å². The van der Waals surface area contributed by atoms with Crippen LogP contribution >= 0.6 is 55.1 Å². The second-order valence-electron chi connectivity index (χ2n) is 3.55. The average Bonchev–Trinajstić information content (AvgIpc) is 2.35. The molecule has 0 amide bonds. The number of hydrogen-bond acceptors (Lipinski definition) is 1. The molecule has 2 aromatic carbocycles. The molecule has 0 heterocycles. The molecule has 0 saturated carbocycles. The van der Waals surface area contributed by atoms with Crippen molar-refractivity contribution in [1.82, 2.24) is 0 Å². The van der Waals surface area contributed by atoms with Gasteiger partial charge in [0.25, 0.3) is 0 Å². The van der Waals surface area contributed by atoms with Gasteiger partial charge in [-0.15, -0.1) is 0 Å². The Morgan fingerprint density at radius 1 is 1.00 bits per heavy atom. The van der Waals surface area contributed by atoms with Crippen LogP contribution in [-0.2, 0) is 0 Å². The quantitative estimate of drug-likeness (QED) is 0.578. The van der Waals surface area contributed by atoms with Crippen LogP contribution in [0, 0.1) is 0 Å². The van der Waals surface area contributed by atoms with Gasteiger partial charge in [-0.05, 0) is 30.3 Å². The maximum Gasteiger partial charge on any atom is 0.195 e. The first-order valence-electron chi connectivity index (χ1n) is 4.94. The number of hydrogen-bond donors (Lipinski definition) is 0. The van der Waals surface area contributed by atoms with E-state index in [0.29, 0.717) is 20.6 Å². The lowest BCUT2D eigenvalue weighted by molar-refractivity contribution is 0.103. The summed E-state index contributed by atoms with van der Waals surface area (Å²) < 4.78 is 1.54. The van der Waals surface area contributed by atoms with Crippen molar-refractivity contribution in [3.05, 3.63) is 66.5 Å². The van der Waals surface area contributed by atoms with Crippen LogP contribution < -0.4 is 0 Å². The normalized spacial score (nSPS) is 10.4. The molecule has 2 rings (SSSR count). The van der Waals surface area contributed by atoms with Crippen molar-refractivity contribution >= 4 is 60.8 Å². The Bertz CT molecular complexity index is 622. The van der Waals surface area contributed by atoms with Gasteiger partial charge in [0.15, 0.2) is 5.78 Å². The molecule has 0 unspecified atom stereocenters. The average molecular weight is 409 g/mol. The van der Waals surface area contributed by atoms with Gasteiger partial charge in [-0.1, -0.05) is 61.1 Å². The monoisotopic (exact) mass is 406 g/mol. The Morgan fingerprint density at radius 3 is 2.44 bits per heavy atom. The summed E-state index contributed by atoms with van der Waals surface area (Å²) in [4.78, 5) is 12.4. The zero-order valence-corrected chi connectivity index (χ0v) is 13.6. The summed E-state index contributed by atoms with van der Waals surface area (Å²) in [7, 11) is 0. The van der Waals surface area contributed by atoms with Crippen LogP contribution in [0.3, 0.4) is 0 Å². The first-order chi connectivity index (χ1) is 8.50. The summed E-state index contributed by atoms with van der Waals surface area (Å²) in [6.07, 6.45) is 0. The van der Waals surface area contributed by atoms with Crippen LogP contribution in [0.2, 0.25) is 10.0 Å². The lowest BCUT2D eigenvalue weighted by atomic mass is 10.0. The van der Waals surface area contributed by atoms with Gasteiger partial charge in [0.1, 0.15) is 0 Å². The number of halogens is 4. The van der Waals surface area contributed by atoms with Gasteiger partial charge in [0.05, 0.1) is 10.0 Å². The maximum atomic E-state index is 12.4. The summed E-state index contributed by atoms with van der Waals surface area (Å²) in [5.41, 5.74) is 0.927. The highest BCUT2D eigenvalue weighted by molar-refractivity contribution is 9.11. The lowest BCUT2D eigenvalue weighted by Gasteiger charge is -2.07. The van der Waals surface area contributed by atoms with E-state index in [-0.39, 0.29) is 10.8 Å². The molecule has 0 bridgehead atoms. The molecule has 92 valence electrons. The fourth-order valence-electron chi connectivity index (χ4n) is 1.50. The van der Waals surface area contributed by atoms with Crippen molar-refractivity contribution in [2.75, 3.05) is 0 Å². The summed E-state index contributed by atoms with van der Waals surface area (Å²) in [5.74, 6) is -0.171. The number of carbonyl (C=O) groups excluding carboxylic acids is 1. The first kappa shape index (κ1) is 14.1. The molecule has 0 fully saturated rings. The number of ketones is 1. The van der Waals surface area contributed by atoms with E-state index in [0.717, 1.165) is 4.47 Å². The van der Waals surface area contributed by atoms with Crippen molar-refractivity contribution < 1.29 is 4.79 Å². The molecule has 2 aromatic rings. The molecule has 0 aromatic heterocycles. The Labute approximate surface area is 131 Å². The van der Waals surface area contributed by atoms with Crippen LogP contribution in [0.5, 0.6) is 0 Å². The van der Waals surface area contributed by atoms with E-state index < -0.39 is 0 Å². The minimum Gasteiger partial charge on any atom is -0.289 e. The van der Waals surface area contributed by atoms with Crippen molar-refractivity contribution in [3.63, 3.8) is 0 Å². The highest BCUT2D eigenvalue weighted by atomic mass is 79.9. The highest BCUT2D eigenvalue weighted by Crippen LogP contribution is 2.30. The summed E-state index contributed by atoms with van der Waals surface area (Å²) in [6.45, 7) is 0. The molecular weight excluding hydrogens is 403 g/mol. The van der Waals surface area contributed by atoms with Crippen molar-refractivity contribution in [2.45, 2.75) is 0 Å². The molecule has 0 N–H and O–H groups in total. The van der Waals surface area contributed by atoms with Crippen molar-refractivity contribution in [3.8, 4) is 0 Å². The number of carbonyl (C=O) groups is 1. The number of rotatable bonds is 2. The largest absolute Gasteiger partial charge is 0.289 e. The third-order valence-electron chi connectivity index (χ3n) is 2.37. The Kier molecular flexibility index (Phi) is 4.49. The van der Waals surface area contributed by atoms with Gasteiger partial charge in [0, 0.05) is 20.1 Å². The fourth-order valence-corrected chi connectivity index (χ4v) is 2.67. The van der Waals surface area contributed by atoms with E-state index in [1.807, 2.05) is 6.07 Å². The van der Waals surface area contributed by atoms with Crippen LogP contribution in [-0.4, -0.2) is 5.78 Å². The standard InChI is InChI=1S/C13H6Br2Cl2O/c14-7-4-5-10(15)9(6-7)13(18)8-2-1-3-11(16)12(8)17/h1-6H. The van der Waals surface area contributed by atoms with Crippen molar-refractivity contribution in [1.29, 1.82) is 0 Å². The molecular formula is C13H6Br2Cl2O. The SMILES string of the molecule is O=C(c1cc(Br)ccc1Br)c1cccc(Cl)c1Cl. The maximum absolute atomic E-state index is 12.4. The first-order valence-corrected chi connectivity index (χ1v) is 7.28. The van der Waals surface area contributed by atoms with Gasteiger partial charge in [0.2, 0.25) is 0 Å². The molecule has 0 radical (unpaired) electrons. The van der Waals surface area contributed by atoms with Crippen LogP contribution in [0.25, 0.3) is 0 Å². The topological polar surface area (TPSA) is 17.1 Å². The van der Waals surface area contributed by atoms with Gasteiger partial charge in [-0.3, -0.25) is 4.79 Å². The molecule has 0 aliphatic heterocycles. The zero-order valence-electron chi connectivity index (χ0n) is 8.88. The van der Waals surface area contributed by atoms with E-state index in [1.54, 1.807) is 30.3 Å². The minimum absolute atomic E-state index is 0.171. The van der Waals surface area contributed by atoms with Crippen molar-refractivity contribution in [2.24, 2.45) is 0 Å². The zero-order chi connectivity index (χ0) is 13.3. The Hall–Kier alpha value is -0.350. The highest BCUT2D eigenvalue weighted by Gasteiger charge is 2.17. The van der Waals surface area contributed by atoms with Gasteiger partial charge < -0.3 is 0 Å². The van der Waals surface area contributed by atoms with E-state index in [1.165, 1.54) is 0 Å². The van der Waals surface area contributed by atoms with Crippen LogP contribution in [0.4, 0.5) is 0 Å². The molecule has 0 saturated heterocycles. The van der Waals surface area contributed by atoms with E-state index >= 15 is 0 Å². The second kappa shape index (κ2) is 5.74. The minimum atomic E-state index is -0.171. The molecule has 0 spiro atoms. The lowest BCUT2D eigenvalue weighted by Crippen LogP contribution is -2.03. The van der Waals surface area contributed by atoms with Gasteiger partial charge in [-0.25, -0.2) is 0 Å². The molecule has 0 aliphatic carbocycles. The second-order valence-corrected chi connectivity index (χ2v) is 6.11. The molecule has 0 atom stereocenters. The van der Waals surface area contributed by atoms with E-state index in [2.05, 4.69) is 31.9 Å². The molecule has 1 nitrogen and oxygen atoms in total. The smallest absolute Gasteiger partial charge is 0.195 e. The molecule has 18 heavy (non-hydrogen) atoms. The summed E-state index contributed by atoms with van der Waals surface area (Å²) in [5, 5.41) is 0.643. The third kappa shape index (κ3) is 2.80. The predicted octanol–water partition coefficient (Wildman–Crippen LogP) is 5.75. The molecule has 5 heteroatoms. The van der Waals surface area contributed by atoms with E-state index in [9.17, 15) is 4.79 Å². The van der Waals surface area contributed by atoms with Crippen LogP contribution in [0.15, 0.2) is 45.3 Å². The predicted molar refractivity (Wildman–Crippen MR) is 81.7 cm³/mol. The third-order valence-corrected chi connectivity index (χ3v) is 4.37. The summed E-state index contributed by atoms with van der Waals surface area (Å²) >= 11 is 18.7. The number of benzene rings is 2. The van der Waals surface area contributed by atoms with Gasteiger partial charge in [-0.2, -0.15) is 0 Å². The van der Waals surface area contributed by atoms with Gasteiger partial charge >= 0.3 is 0 Å². The van der Waals surface area contributed by atoms with Crippen LogP contribution in [0.1, 0.15) is 15.9 Å². The summed E-state index contributed by atoms with van der Waals surface area (Å²) in [6, 6.07) is 10.4.